The number of rotatable bonds is 5. The number of thiophene rings is 1. The highest BCUT2D eigenvalue weighted by Crippen LogP contribution is 2.38. The van der Waals surface area contributed by atoms with E-state index in [1.807, 2.05) is 35.4 Å². The first-order valence-electron chi connectivity index (χ1n) is 8.89. The van der Waals surface area contributed by atoms with Crippen LogP contribution < -0.4 is 9.47 Å². The number of likely N-dealkylation sites (tertiary alicyclic amines) is 1. The van der Waals surface area contributed by atoms with Gasteiger partial charge in [-0.3, -0.25) is 9.78 Å². The minimum Gasteiger partial charge on any atom is -0.492 e. The summed E-state index contributed by atoms with van der Waals surface area (Å²) in [6, 6.07) is 5.63. The molecule has 7 heteroatoms. The van der Waals surface area contributed by atoms with Gasteiger partial charge in [0.05, 0.1) is 32.5 Å². The molecular formula is C19H22N2O4S. The molecule has 0 radical (unpaired) electrons. The number of carbonyl (C=O) groups excluding carboxylic acids is 1. The fraction of sp³-hybridized carbons (Fsp3) is 0.474. The zero-order chi connectivity index (χ0) is 18.0. The summed E-state index contributed by atoms with van der Waals surface area (Å²) in [5.74, 6) is 1.47. The van der Waals surface area contributed by atoms with E-state index in [2.05, 4.69) is 4.98 Å². The van der Waals surface area contributed by atoms with Gasteiger partial charge in [0, 0.05) is 19.0 Å². The van der Waals surface area contributed by atoms with Crippen molar-refractivity contribution in [3.8, 4) is 11.5 Å². The van der Waals surface area contributed by atoms with Crippen LogP contribution in [-0.4, -0.2) is 53.8 Å². The number of amides is 1. The Bertz CT molecular complexity index is 758. The highest BCUT2D eigenvalue weighted by atomic mass is 32.1. The molecule has 26 heavy (non-hydrogen) atoms. The molecule has 2 fully saturated rings. The monoisotopic (exact) mass is 374 g/mol. The average molecular weight is 374 g/mol. The first kappa shape index (κ1) is 17.3. The molecule has 1 atom stereocenters. The van der Waals surface area contributed by atoms with Crippen molar-refractivity contribution in [1.82, 2.24) is 9.88 Å². The number of hydrogen-bond donors (Lipinski definition) is 0. The molecule has 0 bridgehead atoms. The fourth-order valence-corrected chi connectivity index (χ4v) is 4.37. The van der Waals surface area contributed by atoms with Gasteiger partial charge in [-0.05, 0) is 30.5 Å². The van der Waals surface area contributed by atoms with Crippen LogP contribution in [-0.2, 0) is 4.74 Å². The number of ether oxygens (including phenoxy) is 3. The van der Waals surface area contributed by atoms with E-state index in [1.165, 1.54) is 11.3 Å². The molecular weight excluding hydrogens is 352 g/mol. The number of hydrogen-bond acceptors (Lipinski definition) is 6. The van der Waals surface area contributed by atoms with Crippen molar-refractivity contribution in [3.63, 3.8) is 0 Å². The Morgan fingerprint density at radius 3 is 3.12 bits per heavy atom. The van der Waals surface area contributed by atoms with Crippen LogP contribution in [0.15, 0.2) is 36.0 Å². The van der Waals surface area contributed by atoms with Gasteiger partial charge < -0.3 is 19.1 Å². The topological polar surface area (TPSA) is 60.9 Å². The second-order valence-corrected chi connectivity index (χ2v) is 7.58. The molecule has 2 aromatic rings. The summed E-state index contributed by atoms with van der Waals surface area (Å²) in [7, 11) is 0. The molecule has 2 saturated heterocycles. The van der Waals surface area contributed by atoms with Crippen LogP contribution in [0.5, 0.6) is 11.5 Å². The number of aromatic nitrogens is 1. The van der Waals surface area contributed by atoms with E-state index in [0.717, 1.165) is 18.6 Å². The third kappa shape index (κ3) is 3.41. The van der Waals surface area contributed by atoms with Gasteiger partial charge in [-0.15, -0.1) is 11.3 Å². The van der Waals surface area contributed by atoms with Crippen molar-refractivity contribution >= 4 is 17.2 Å². The predicted molar refractivity (Wildman–Crippen MR) is 98.0 cm³/mol. The maximum Gasteiger partial charge on any atom is 0.267 e. The molecule has 6 nitrogen and oxygen atoms in total. The lowest BCUT2D eigenvalue weighted by Gasteiger charge is -2.52. The van der Waals surface area contributed by atoms with Crippen LogP contribution in [0.25, 0.3) is 0 Å². The van der Waals surface area contributed by atoms with Crippen molar-refractivity contribution in [2.75, 3.05) is 26.3 Å². The summed E-state index contributed by atoms with van der Waals surface area (Å²) in [6.07, 6.45) is 5.18. The lowest BCUT2D eigenvalue weighted by atomic mass is 9.84. The van der Waals surface area contributed by atoms with Crippen LogP contribution in [0.1, 0.15) is 29.4 Å². The third-order valence-corrected chi connectivity index (χ3v) is 5.64. The van der Waals surface area contributed by atoms with Gasteiger partial charge >= 0.3 is 0 Å². The number of pyridine rings is 1. The van der Waals surface area contributed by atoms with Crippen LogP contribution in [0.4, 0.5) is 0 Å². The summed E-state index contributed by atoms with van der Waals surface area (Å²) in [4.78, 5) is 19.3. The van der Waals surface area contributed by atoms with Crippen molar-refractivity contribution in [2.24, 2.45) is 0 Å². The van der Waals surface area contributed by atoms with Crippen LogP contribution in [0, 0.1) is 0 Å². The first-order valence-corrected chi connectivity index (χ1v) is 9.77. The highest BCUT2D eigenvalue weighted by Gasteiger charge is 2.50. The van der Waals surface area contributed by atoms with Gasteiger partial charge in [0.15, 0.2) is 0 Å². The second kappa shape index (κ2) is 7.25. The van der Waals surface area contributed by atoms with Crippen molar-refractivity contribution in [3.05, 3.63) is 40.8 Å². The molecule has 2 aliphatic heterocycles. The van der Waals surface area contributed by atoms with Gasteiger partial charge in [0.2, 0.25) is 0 Å². The van der Waals surface area contributed by atoms with E-state index >= 15 is 0 Å². The Kier molecular flexibility index (Phi) is 4.82. The summed E-state index contributed by atoms with van der Waals surface area (Å²) in [5, 5.41) is 1.89. The second-order valence-electron chi connectivity index (χ2n) is 6.66. The Labute approximate surface area is 156 Å². The van der Waals surface area contributed by atoms with Gasteiger partial charge in [-0.1, -0.05) is 0 Å². The van der Waals surface area contributed by atoms with E-state index in [-0.39, 0.29) is 17.6 Å². The van der Waals surface area contributed by atoms with Gasteiger partial charge in [0.1, 0.15) is 28.1 Å². The molecule has 1 spiro atoms. The molecule has 0 N–H and O–H groups in total. The summed E-state index contributed by atoms with van der Waals surface area (Å²) >= 11 is 1.42. The standard InChI is InChI=1S/C19H22N2O4S/c1-2-23-16-6-9-26-17(16)18(22)21-12-19(13-21)10-14(5-8-24-19)25-15-4-3-7-20-11-15/h3-4,6-7,9,11,14H,2,5,8,10,12-13H2,1H3/t14-/m0/s1. The molecule has 0 unspecified atom stereocenters. The van der Waals surface area contributed by atoms with Gasteiger partial charge in [-0.2, -0.15) is 0 Å². The SMILES string of the molecule is CCOc1ccsc1C(=O)N1CC2(C[C@@H](Oc3cccnc3)CCO2)C1. The lowest BCUT2D eigenvalue weighted by Crippen LogP contribution is -2.67. The zero-order valence-electron chi connectivity index (χ0n) is 14.7. The Hall–Kier alpha value is -2.12. The maximum absolute atomic E-state index is 12.7. The quantitative estimate of drug-likeness (QED) is 0.805. The maximum atomic E-state index is 12.7. The van der Waals surface area contributed by atoms with E-state index in [0.29, 0.717) is 36.9 Å². The van der Waals surface area contributed by atoms with E-state index < -0.39 is 0 Å². The number of nitrogens with zero attached hydrogens (tertiary/aromatic N) is 2. The van der Waals surface area contributed by atoms with Crippen LogP contribution in [0.2, 0.25) is 0 Å². The molecule has 0 saturated carbocycles. The molecule has 0 aromatic carbocycles. The van der Waals surface area contributed by atoms with Crippen LogP contribution >= 0.6 is 11.3 Å². The molecule has 4 rings (SSSR count). The van der Waals surface area contributed by atoms with Gasteiger partial charge in [-0.25, -0.2) is 0 Å². The van der Waals surface area contributed by atoms with Gasteiger partial charge in [0.25, 0.3) is 5.91 Å². The normalized spacial score (nSPS) is 21.3. The van der Waals surface area contributed by atoms with Crippen LogP contribution in [0.3, 0.4) is 0 Å². The van der Waals surface area contributed by atoms with Crippen molar-refractivity contribution < 1.29 is 19.0 Å². The summed E-state index contributed by atoms with van der Waals surface area (Å²) in [6.45, 7) is 4.32. The Balaban J connectivity index is 1.36. The molecule has 1 amide bonds. The van der Waals surface area contributed by atoms with E-state index in [4.69, 9.17) is 14.2 Å². The molecule has 2 aliphatic rings. The Morgan fingerprint density at radius 2 is 2.35 bits per heavy atom. The van der Waals surface area contributed by atoms with E-state index in [9.17, 15) is 4.79 Å². The van der Waals surface area contributed by atoms with Crippen molar-refractivity contribution in [1.29, 1.82) is 0 Å². The largest absolute Gasteiger partial charge is 0.492 e. The van der Waals surface area contributed by atoms with Crippen molar-refractivity contribution in [2.45, 2.75) is 31.5 Å². The smallest absolute Gasteiger partial charge is 0.267 e. The third-order valence-electron chi connectivity index (χ3n) is 4.75. The highest BCUT2D eigenvalue weighted by molar-refractivity contribution is 7.12. The first-order chi connectivity index (χ1) is 12.7. The Morgan fingerprint density at radius 1 is 1.46 bits per heavy atom. The minimum absolute atomic E-state index is 0.0213. The molecule has 0 aliphatic carbocycles. The average Bonchev–Trinajstić information content (AvgIpc) is 3.09. The lowest BCUT2D eigenvalue weighted by molar-refractivity contribution is -0.173. The van der Waals surface area contributed by atoms with E-state index in [1.54, 1.807) is 12.4 Å². The minimum atomic E-state index is -0.288. The number of carbonyl (C=O) groups is 1. The summed E-state index contributed by atoms with van der Waals surface area (Å²) < 4.78 is 17.6. The predicted octanol–water partition coefficient (Wildman–Crippen LogP) is 2.99. The zero-order valence-corrected chi connectivity index (χ0v) is 15.5. The molecule has 4 heterocycles. The molecule has 138 valence electrons. The molecule has 2 aromatic heterocycles. The fourth-order valence-electron chi connectivity index (χ4n) is 3.57. The summed E-state index contributed by atoms with van der Waals surface area (Å²) in [5.41, 5.74) is -0.288.